The maximum atomic E-state index is 11.9. The lowest BCUT2D eigenvalue weighted by molar-refractivity contribution is -0.144. The number of anilines is 1. The van der Waals surface area contributed by atoms with Crippen molar-refractivity contribution in [3.63, 3.8) is 0 Å². The van der Waals surface area contributed by atoms with Crippen molar-refractivity contribution in [2.45, 2.75) is 31.1 Å². The van der Waals surface area contributed by atoms with E-state index in [4.69, 9.17) is 4.74 Å². The number of nitrogens with one attached hydrogen (secondary N) is 1. The molecule has 0 unspecified atom stereocenters. The second-order valence-corrected chi connectivity index (χ2v) is 7.47. The largest absolute Gasteiger partial charge is 0.455 e. The van der Waals surface area contributed by atoms with E-state index in [0.717, 1.165) is 17.7 Å². The predicted molar refractivity (Wildman–Crippen MR) is 105 cm³/mol. The highest BCUT2D eigenvalue weighted by Crippen LogP contribution is 2.27. The molecule has 0 aliphatic heterocycles. The van der Waals surface area contributed by atoms with Gasteiger partial charge >= 0.3 is 5.97 Å². The van der Waals surface area contributed by atoms with Crippen molar-refractivity contribution in [1.82, 2.24) is 0 Å². The number of ether oxygens (including phenoxy) is 1. The number of amides is 1. The first-order valence-corrected chi connectivity index (χ1v) is 9.81. The summed E-state index contributed by atoms with van der Waals surface area (Å²) in [7, 11) is 0. The van der Waals surface area contributed by atoms with Gasteiger partial charge in [0.05, 0.1) is 5.75 Å². The van der Waals surface area contributed by atoms with Gasteiger partial charge in [-0.25, -0.2) is 0 Å². The Labute approximate surface area is 162 Å². The van der Waals surface area contributed by atoms with Crippen LogP contribution in [-0.2, 0) is 27.2 Å². The number of hydrogen-bond acceptors (Lipinski definition) is 5. The molecule has 1 aliphatic carbocycles. The fraction of sp³-hybridized carbons (Fsp3) is 0.286. The Kier molecular flexibility index (Phi) is 6.29. The minimum absolute atomic E-state index is 0.0823. The summed E-state index contributed by atoms with van der Waals surface area (Å²) in [6.07, 6.45) is 3.42. The van der Waals surface area contributed by atoms with Crippen LogP contribution in [0.5, 0.6) is 0 Å². The molecule has 1 amide bonds. The van der Waals surface area contributed by atoms with E-state index in [-0.39, 0.29) is 18.1 Å². The van der Waals surface area contributed by atoms with Crippen molar-refractivity contribution in [1.29, 1.82) is 0 Å². The highest BCUT2D eigenvalue weighted by molar-refractivity contribution is 8.00. The van der Waals surface area contributed by atoms with Crippen molar-refractivity contribution >= 4 is 35.1 Å². The number of fused-ring (bicyclic) bond motifs is 1. The Morgan fingerprint density at radius 2 is 1.89 bits per heavy atom. The lowest BCUT2D eigenvalue weighted by atomic mass is 10.1. The number of benzene rings is 2. The predicted octanol–water partition coefficient (Wildman–Crippen LogP) is 3.65. The van der Waals surface area contributed by atoms with Crippen LogP contribution >= 0.6 is 11.8 Å². The first-order valence-electron chi connectivity index (χ1n) is 8.82. The lowest BCUT2D eigenvalue weighted by Crippen LogP contribution is -2.21. The fourth-order valence-corrected chi connectivity index (χ4v) is 3.74. The molecule has 27 heavy (non-hydrogen) atoms. The minimum atomic E-state index is -0.438. The first-order chi connectivity index (χ1) is 13.0. The summed E-state index contributed by atoms with van der Waals surface area (Å²) >= 11 is 1.41. The molecule has 3 rings (SSSR count). The van der Waals surface area contributed by atoms with Crippen LogP contribution in [0.15, 0.2) is 47.4 Å². The fourth-order valence-electron chi connectivity index (χ4n) is 2.98. The number of carbonyl (C=O) groups is 3. The molecule has 0 bridgehead atoms. The van der Waals surface area contributed by atoms with E-state index in [1.54, 1.807) is 24.3 Å². The Hall–Kier alpha value is -2.60. The molecular formula is C21H21NO4S. The van der Waals surface area contributed by atoms with Gasteiger partial charge in [0.15, 0.2) is 12.4 Å². The number of hydrogen-bond donors (Lipinski definition) is 1. The molecular weight excluding hydrogens is 362 g/mol. The van der Waals surface area contributed by atoms with Gasteiger partial charge in [0.1, 0.15) is 0 Å². The molecule has 1 aliphatic rings. The Bertz CT molecular complexity index is 878. The van der Waals surface area contributed by atoms with Gasteiger partial charge in [0, 0.05) is 16.1 Å². The van der Waals surface area contributed by atoms with E-state index in [1.807, 2.05) is 6.07 Å². The molecule has 2 aromatic rings. The van der Waals surface area contributed by atoms with Crippen molar-refractivity contribution in [2.75, 3.05) is 17.7 Å². The van der Waals surface area contributed by atoms with E-state index in [2.05, 4.69) is 17.4 Å². The van der Waals surface area contributed by atoms with Crippen LogP contribution in [0.2, 0.25) is 0 Å². The van der Waals surface area contributed by atoms with Crippen LogP contribution in [0.25, 0.3) is 0 Å². The van der Waals surface area contributed by atoms with Crippen molar-refractivity contribution in [3.05, 3.63) is 59.2 Å². The Morgan fingerprint density at radius 3 is 2.70 bits per heavy atom. The van der Waals surface area contributed by atoms with Gasteiger partial charge in [-0.2, -0.15) is 0 Å². The van der Waals surface area contributed by atoms with Gasteiger partial charge in [-0.1, -0.05) is 18.2 Å². The molecule has 0 radical (unpaired) electrons. The number of ketones is 1. The third kappa shape index (κ3) is 5.44. The third-order valence-electron chi connectivity index (χ3n) is 4.34. The summed E-state index contributed by atoms with van der Waals surface area (Å²) < 4.78 is 5.03. The van der Waals surface area contributed by atoms with E-state index in [9.17, 15) is 14.4 Å². The first kappa shape index (κ1) is 19.2. The van der Waals surface area contributed by atoms with Gasteiger partial charge in [-0.3, -0.25) is 14.4 Å². The molecule has 0 heterocycles. The summed E-state index contributed by atoms with van der Waals surface area (Å²) in [6.45, 7) is 1.11. The van der Waals surface area contributed by atoms with Gasteiger partial charge < -0.3 is 10.1 Å². The molecule has 0 fully saturated rings. The maximum Gasteiger partial charge on any atom is 0.316 e. The SMILES string of the molecule is CC(=O)c1cccc(NC(=O)COC(=O)CSc2ccc3c(c2)CCC3)c1. The maximum absolute atomic E-state index is 11.9. The highest BCUT2D eigenvalue weighted by atomic mass is 32.2. The van der Waals surface area contributed by atoms with Gasteiger partial charge in [0.25, 0.3) is 5.91 Å². The minimum Gasteiger partial charge on any atom is -0.455 e. The monoisotopic (exact) mass is 383 g/mol. The van der Waals surface area contributed by atoms with Crippen LogP contribution < -0.4 is 5.32 Å². The second-order valence-electron chi connectivity index (χ2n) is 6.42. The van der Waals surface area contributed by atoms with Gasteiger partial charge in [-0.05, 0) is 61.6 Å². The average molecular weight is 383 g/mol. The van der Waals surface area contributed by atoms with E-state index >= 15 is 0 Å². The summed E-state index contributed by atoms with van der Waals surface area (Å²) in [5.74, 6) is -0.799. The number of esters is 1. The van der Waals surface area contributed by atoms with E-state index in [1.165, 1.54) is 36.2 Å². The Morgan fingerprint density at radius 1 is 1.07 bits per heavy atom. The Balaban J connectivity index is 1.43. The molecule has 2 aromatic carbocycles. The molecule has 0 saturated heterocycles. The zero-order chi connectivity index (χ0) is 19.2. The zero-order valence-corrected chi connectivity index (χ0v) is 15.9. The van der Waals surface area contributed by atoms with Gasteiger partial charge in [-0.15, -0.1) is 11.8 Å². The third-order valence-corrected chi connectivity index (χ3v) is 5.31. The van der Waals surface area contributed by atoms with Crippen LogP contribution in [0, 0.1) is 0 Å². The number of thioether (sulfide) groups is 1. The highest BCUT2D eigenvalue weighted by Gasteiger charge is 2.13. The molecule has 0 atom stereocenters. The van der Waals surface area contributed by atoms with E-state index in [0.29, 0.717) is 11.3 Å². The molecule has 0 spiro atoms. The van der Waals surface area contributed by atoms with Crippen LogP contribution in [0.1, 0.15) is 34.8 Å². The van der Waals surface area contributed by atoms with Crippen molar-refractivity contribution in [3.8, 4) is 0 Å². The molecule has 0 saturated carbocycles. The quantitative estimate of drug-likeness (QED) is 0.449. The van der Waals surface area contributed by atoms with E-state index < -0.39 is 11.9 Å². The number of rotatable bonds is 7. The van der Waals surface area contributed by atoms with Crippen LogP contribution in [-0.4, -0.2) is 30.0 Å². The molecule has 5 nitrogen and oxygen atoms in total. The summed E-state index contributed by atoms with van der Waals surface area (Å²) in [6, 6.07) is 12.9. The molecule has 1 N–H and O–H groups in total. The van der Waals surface area contributed by atoms with Crippen molar-refractivity contribution < 1.29 is 19.1 Å². The summed E-state index contributed by atoms with van der Waals surface area (Å²) in [5.41, 5.74) is 3.76. The standard InChI is InChI=1S/C21H21NO4S/c1-14(23)16-5-3-7-18(10-16)22-20(24)12-26-21(25)13-27-19-9-8-15-4-2-6-17(15)11-19/h3,5,7-11H,2,4,6,12-13H2,1H3,(H,22,24). The lowest BCUT2D eigenvalue weighted by Gasteiger charge is -2.08. The molecule has 6 heteroatoms. The summed E-state index contributed by atoms with van der Waals surface area (Å²) in [4.78, 5) is 36.2. The number of Topliss-reactive ketones (excluding diaryl/α,β-unsaturated/α-hetero) is 1. The molecule has 140 valence electrons. The zero-order valence-electron chi connectivity index (χ0n) is 15.1. The number of aryl methyl sites for hydroxylation is 2. The van der Waals surface area contributed by atoms with Crippen LogP contribution in [0.3, 0.4) is 0 Å². The summed E-state index contributed by atoms with van der Waals surface area (Å²) in [5, 5.41) is 2.62. The second kappa shape index (κ2) is 8.86. The van der Waals surface area contributed by atoms with Crippen LogP contribution in [0.4, 0.5) is 5.69 Å². The number of carbonyl (C=O) groups excluding carboxylic acids is 3. The average Bonchev–Trinajstić information content (AvgIpc) is 3.12. The van der Waals surface area contributed by atoms with Gasteiger partial charge in [0.2, 0.25) is 0 Å². The van der Waals surface area contributed by atoms with Crippen molar-refractivity contribution in [2.24, 2.45) is 0 Å². The molecule has 0 aromatic heterocycles. The smallest absolute Gasteiger partial charge is 0.316 e. The normalized spacial score (nSPS) is 12.3. The topological polar surface area (TPSA) is 72.5 Å².